The van der Waals surface area contributed by atoms with Crippen molar-refractivity contribution in [2.75, 3.05) is 19.6 Å². The van der Waals surface area contributed by atoms with Gasteiger partial charge in [-0.25, -0.2) is 8.42 Å². The van der Waals surface area contributed by atoms with E-state index in [4.69, 9.17) is 10.5 Å². The molecule has 2 saturated heterocycles. The Morgan fingerprint density at radius 3 is 2.48 bits per heavy atom. The SMILES string of the molecule is Cc1nn(CCN)c(C)c1S(=O)(=O)N1CC2CCC(C1)O2. The van der Waals surface area contributed by atoms with Crippen molar-refractivity contribution in [3.63, 3.8) is 0 Å². The first-order valence-corrected chi connectivity index (χ1v) is 8.77. The highest BCUT2D eigenvalue weighted by Gasteiger charge is 2.41. The van der Waals surface area contributed by atoms with Gasteiger partial charge in [-0.15, -0.1) is 0 Å². The Balaban J connectivity index is 1.95. The molecule has 21 heavy (non-hydrogen) atoms. The number of aryl methyl sites for hydroxylation is 1. The van der Waals surface area contributed by atoms with E-state index in [0.717, 1.165) is 12.8 Å². The van der Waals surface area contributed by atoms with E-state index in [1.807, 2.05) is 0 Å². The second-order valence-electron chi connectivity index (χ2n) is 5.79. The fourth-order valence-corrected chi connectivity index (χ4v) is 5.17. The Hall–Kier alpha value is -0.960. The summed E-state index contributed by atoms with van der Waals surface area (Å²) in [7, 11) is -3.52. The Labute approximate surface area is 125 Å². The number of ether oxygens (including phenoxy) is 1. The molecule has 1 aromatic rings. The maximum atomic E-state index is 13.0. The molecule has 3 heterocycles. The van der Waals surface area contributed by atoms with Gasteiger partial charge >= 0.3 is 0 Å². The first-order valence-electron chi connectivity index (χ1n) is 7.33. The number of nitrogens with zero attached hydrogens (tertiary/aromatic N) is 3. The fraction of sp³-hybridized carbons (Fsp3) is 0.769. The number of fused-ring (bicyclic) bond motifs is 2. The lowest BCUT2D eigenvalue weighted by Crippen LogP contribution is -2.45. The summed E-state index contributed by atoms with van der Waals surface area (Å²) >= 11 is 0. The average Bonchev–Trinajstić information content (AvgIpc) is 2.90. The van der Waals surface area contributed by atoms with E-state index < -0.39 is 10.0 Å². The summed E-state index contributed by atoms with van der Waals surface area (Å²) in [5.74, 6) is 0. The van der Waals surface area contributed by atoms with Gasteiger partial charge < -0.3 is 10.5 Å². The van der Waals surface area contributed by atoms with Crippen LogP contribution in [0.5, 0.6) is 0 Å². The lowest BCUT2D eigenvalue weighted by molar-refractivity contribution is -0.0114. The number of morpholine rings is 1. The highest BCUT2D eigenvalue weighted by Crippen LogP contribution is 2.31. The van der Waals surface area contributed by atoms with E-state index in [1.54, 1.807) is 22.8 Å². The average molecular weight is 314 g/mol. The van der Waals surface area contributed by atoms with E-state index >= 15 is 0 Å². The van der Waals surface area contributed by atoms with Crippen molar-refractivity contribution in [3.8, 4) is 0 Å². The maximum absolute atomic E-state index is 13.0. The highest BCUT2D eigenvalue weighted by molar-refractivity contribution is 7.89. The summed E-state index contributed by atoms with van der Waals surface area (Å²) in [5.41, 5.74) is 6.75. The summed E-state index contributed by atoms with van der Waals surface area (Å²) in [4.78, 5) is 0.331. The smallest absolute Gasteiger partial charge is 0.246 e. The van der Waals surface area contributed by atoms with Crippen molar-refractivity contribution in [2.45, 2.75) is 50.3 Å². The molecule has 2 aliphatic heterocycles. The number of nitrogens with two attached hydrogens (primary N) is 1. The second-order valence-corrected chi connectivity index (χ2v) is 7.67. The van der Waals surface area contributed by atoms with Crippen molar-refractivity contribution in [1.82, 2.24) is 14.1 Å². The van der Waals surface area contributed by atoms with Crippen LogP contribution < -0.4 is 5.73 Å². The molecule has 2 atom stereocenters. The van der Waals surface area contributed by atoms with Crippen LogP contribution in [0.3, 0.4) is 0 Å². The van der Waals surface area contributed by atoms with Crippen LogP contribution in [-0.4, -0.2) is 54.3 Å². The minimum atomic E-state index is -3.52. The molecule has 2 fully saturated rings. The lowest BCUT2D eigenvalue weighted by atomic mass is 10.2. The molecule has 0 radical (unpaired) electrons. The molecule has 118 valence electrons. The van der Waals surface area contributed by atoms with Gasteiger partial charge in [0.1, 0.15) is 4.90 Å². The monoisotopic (exact) mass is 314 g/mol. The summed E-state index contributed by atoms with van der Waals surface area (Å²) in [6, 6.07) is 0. The Morgan fingerprint density at radius 1 is 1.29 bits per heavy atom. The van der Waals surface area contributed by atoms with E-state index in [1.165, 1.54) is 0 Å². The lowest BCUT2D eigenvalue weighted by Gasteiger charge is -2.31. The number of hydrogen-bond donors (Lipinski definition) is 1. The predicted molar refractivity (Wildman–Crippen MR) is 77.4 cm³/mol. The molecule has 7 nitrogen and oxygen atoms in total. The van der Waals surface area contributed by atoms with Crippen molar-refractivity contribution in [3.05, 3.63) is 11.4 Å². The molecule has 8 heteroatoms. The zero-order valence-corrected chi connectivity index (χ0v) is 13.3. The second kappa shape index (κ2) is 5.35. The van der Waals surface area contributed by atoms with Crippen LogP contribution in [0.15, 0.2) is 4.90 Å². The van der Waals surface area contributed by atoms with Crippen LogP contribution in [0, 0.1) is 13.8 Å². The molecule has 0 amide bonds. The van der Waals surface area contributed by atoms with Gasteiger partial charge in [0.2, 0.25) is 10.0 Å². The molecule has 2 aliphatic rings. The van der Waals surface area contributed by atoms with Crippen molar-refractivity contribution in [1.29, 1.82) is 0 Å². The molecule has 2 bridgehead atoms. The first-order chi connectivity index (χ1) is 9.93. The first kappa shape index (κ1) is 15.0. The Morgan fingerprint density at radius 2 is 1.90 bits per heavy atom. The van der Waals surface area contributed by atoms with Crippen LogP contribution in [0.2, 0.25) is 0 Å². The van der Waals surface area contributed by atoms with Crippen LogP contribution in [-0.2, 0) is 21.3 Å². The Bertz CT molecular complexity index is 628. The minimum Gasteiger partial charge on any atom is -0.372 e. The number of sulfonamides is 1. The maximum Gasteiger partial charge on any atom is 0.246 e. The standard InChI is InChI=1S/C13H22N4O3S/c1-9-13(10(2)17(15-9)6-5-14)21(18,19)16-7-11-3-4-12(8-16)20-11/h11-12H,3-8,14H2,1-2H3. The molecule has 0 saturated carbocycles. The molecule has 2 unspecified atom stereocenters. The van der Waals surface area contributed by atoms with Crippen LogP contribution in [0.1, 0.15) is 24.2 Å². The molecule has 0 aromatic carbocycles. The van der Waals surface area contributed by atoms with Crippen molar-refractivity contribution < 1.29 is 13.2 Å². The van der Waals surface area contributed by atoms with E-state index in [2.05, 4.69) is 5.10 Å². The van der Waals surface area contributed by atoms with Gasteiger partial charge in [0.15, 0.2) is 0 Å². The molecule has 1 aromatic heterocycles. The zero-order chi connectivity index (χ0) is 15.2. The third-order valence-corrected chi connectivity index (χ3v) is 6.35. The quantitative estimate of drug-likeness (QED) is 0.845. The number of hydrogen-bond acceptors (Lipinski definition) is 5. The van der Waals surface area contributed by atoms with Gasteiger partial charge in [0, 0.05) is 19.6 Å². The molecule has 2 N–H and O–H groups in total. The number of rotatable bonds is 4. The zero-order valence-electron chi connectivity index (χ0n) is 12.4. The summed E-state index contributed by atoms with van der Waals surface area (Å²) in [6.45, 7) is 5.37. The molecule has 0 spiro atoms. The summed E-state index contributed by atoms with van der Waals surface area (Å²) in [5, 5.41) is 4.31. The van der Waals surface area contributed by atoms with Gasteiger partial charge in [-0.3, -0.25) is 4.68 Å². The van der Waals surface area contributed by atoms with Gasteiger partial charge in [0.05, 0.1) is 30.1 Å². The molecular formula is C13H22N4O3S. The van der Waals surface area contributed by atoms with Crippen molar-refractivity contribution >= 4 is 10.0 Å². The fourth-order valence-electron chi connectivity index (χ4n) is 3.30. The molecule has 3 rings (SSSR count). The van der Waals surface area contributed by atoms with E-state index in [-0.39, 0.29) is 12.2 Å². The van der Waals surface area contributed by atoms with Gasteiger partial charge in [0.25, 0.3) is 0 Å². The van der Waals surface area contributed by atoms with Crippen LogP contribution in [0.25, 0.3) is 0 Å². The van der Waals surface area contributed by atoms with Crippen molar-refractivity contribution in [2.24, 2.45) is 5.73 Å². The molecular weight excluding hydrogens is 292 g/mol. The normalized spacial score (nSPS) is 26.4. The highest BCUT2D eigenvalue weighted by atomic mass is 32.2. The van der Waals surface area contributed by atoms with Gasteiger partial charge in [-0.2, -0.15) is 9.40 Å². The third kappa shape index (κ3) is 2.50. The van der Waals surface area contributed by atoms with Gasteiger partial charge in [-0.05, 0) is 26.7 Å². The third-order valence-electron chi connectivity index (χ3n) is 4.26. The summed E-state index contributed by atoms with van der Waals surface area (Å²) < 4.78 is 34.9. The predicted octanol–water partition coefficient (Wildman–Crippen LogP) is 0.0105. The topological polar surface area (TPSA) is 90.5 Å². The molecule has 0 aliphatic carbocycles. The Kier molecular flexibility index (Phi) is 3.81. The largest absolute Gasteiger partial charge is 0.372 e. The van der Waals surface area contributed by atoms with Crippen LogP contribution in [0.4, 0.5) is 0 Å². The van der Waals surface area contributed by atoms with E-state index in [9.17, 15) is 8.42 Å². The number of aromatic nitrogens is 2. The van der Waals surface area contributed by atoms with Gasteiger partial charge in [-0.1, -0.05) is 0 Å². The minimum absolute atomic E-state index is 0.0400. The summed E-state index contributed by atoms with van der Waals surface area (Å²) in [6.07, 6.45) is 1.97. The van der Waals surface area contributed by atoms with E-state index in [0.29, 0.717) is 42.5 Å². The van der Waals surface area contributed by atoms with Crippen LogP contribution >= 0.6 is 0 Å².